The molecule has 29 heavy (non-hydrogen) atoms. The van der Waals surface area contributed by atoms with Gasteiger partial charge in [-0.3, -0.25) is 4.79 Å². The SMILES string of the molecule is C=CCOc1cc(CCC)ccc1CN(C(=O)CC)c1ccc2c(c1)OCCO2. The highest BCUT2D eigenvalue weighted by molar-refractivity contribution is 5.93. The summed E-state index contributed by atoms with van der Waals surface area (Å²) in [4.78, 5) is 14.5. The fourth-order valence-corrected chi connectivity index (χ4v) is 3.34. The normalized spacial score (nSPS) is 12.3. The number of hydrogen-bond donors (Lipinski definition) is 0. The van der Waals surface area contributed by atoms with Gasteiger partial charge in [0.25, 0.3) is 0 Å². The van der Waals surface area contributed by atoms with Crippen molar-refractivity contribution in [2.24, 2.45) is 0 Å². The Morgan fingerprint density at radius 2 is 1.93 bits per heavy atom. The van der Waals surface area contributed by atoms with Crippen molar-refractivity contribution in [1.82, 2.24) is 0 Å². The van der Waals surface area contributed by atoms with Gasteiger partial charge in [0, 0.05) is 23.7 Å². The summed E-state index contributed by atoms with van der Waals surface area (Å²) < 4.78 is 17.2. The zero-order chi connectivity index (χ0) is 20.6. The summed E-state index contributed by atoms with van der Waals surface area (Å²) >= 11 is 0. The van der Waals surface area contributed by atoms with Gasteiger partial charge in [-0.1, -0.05) is 45.1 Å². The molecule has 0 unspecified atom stereocenters. The van der Waals surface area contributed by atoms with Crippen molar-refractivity contribution in [3.05, 3.63) is 60.2 Å². The van der Waals surface area contributed by atoms with Crippen molar-refractivity contribution >= 4 is 11.6 Å². The summed E-state index contributed by atoms with van der Waals surface area (Å²) in [7, 11) is 0. The van der Waals surface area contributed by atoms with Gasteiger partial charge < -0.3 is 19.1 Å². The average molecular weight is 395 g/mol. The second-order valence-corrected chi connectivity index (χ2v) is 6.95. The van der Waals surface area contributed by atoms with Crippen molar-refractivity contribution in [3.63, 3.8) is 0 Å². The number of anilines is 1. The van der Waals surface area contributed by atoms with E-state index in [0.717, 1.165) is 29.8 Å². The van der Waals surface area contributed by atoms with Crippen LogP contribution in [-0.4, -0.2) is 25.7 Å². The number of hydrogen-bond acceptors (Lipinski definition) is 4. The van der Waals surface area contributed by atoms with Gasteiger partial charge in [0.1, 0.15) is 25.6 Å². The summed E-state index contributed by atoms with van der Waals surface area (Å²) in [5.74, 6) is 2.21. The first-order valence-electron chi connectivity index (χ1n) is 10.2. The van der Waals surface area contributed by atoms with E-state index >= 15 is 0 Å². The van der Waals surface area contributed by atoms with Crippen LogP contribution < -0.4 is 19.1 Å². The lowest BCUT2D eigenvalue weighted by atomic mass is 10.1. The minimum Gasteiger partial charge on any atom is -0.489 e. The molecule has 0 fully saturated rings. The minimum absolute atomic E-state index is 0.0361. The van der Waals surface area contributed by atoms with Crippen molar-refractivity contribution in [2.45, 2.75) is 39.7 Å². The first kappa shape index (κ1) is 20.8. The van der Waals surface area contributed by atoms with E-state index in [9.17, 15) is 4.79 Å². The summed E-state index contributed by atoms with van der Waals surface area (Å²) in [6.07, 6.45) is 4.19. The molecular weight excluding hydrogens is 366 g/mol. The molecule has 1 aliphatic heterocycles. The molecule has 1 amide bonds. The van der Waals surface area contributed by atoms with E-state index in [4.69, 9.17) is 14.2 Å². The van der Waals surface area contributed by atoms with Crippen LogP contribution in [0.25, 0.3) is 0 Å². The van der Waals surface area contributed by atoms with Crippen LogP contribution in [0.5, 0.6) is 17.2 Å². The van der Waals surface area contributed by atoms with Gasteiger partial charge in [0.2, 0.25) is 5.91 Å². The van der Waals surface area contributed by atoms with Crippen LogP contribution in [0, 0.1) is 0 Å². The molecule has 0 radical (unpaired) electrons. The quantitative estimate of drug-likeness (QED) is 0.566. The standard InChI is InChI=1S/C24H29NO4/c1-4-7-18-8-9-19(22(15-18)27-12-5-2)17-25(24(26)6-3)20-10-11-21-23(16-20)29-14-13-28-21/h5,8-11,15-16H,2,4,6-7,12-14,17H2,1,3H3. The van der Waals surface area contributed by atoms with Gasteiger partial charge >= 0.3 is 0 Å². The topological polar surface area (TPSA) is 48.0 Å². The lowest BCUT2D eigenvalue weighted by Gasteiger charge is -2.26. The Labute approximate surface area is 172 Å². The molecule has 0 saturated carbocycles. The number of amides is 1. The average Bonchev–Trinajstić information content (AvgIpc) is 2.76. The molecule has 0 N–H and O–H groups in total. The Balaban J connectivity index is 1.92. The van der Waals surface area contributed by atoms with Crippen molar-refractivity contribution in [3.8, 4) is 17.2 Å². The zero-order valence-electron chi connectivity index (χ0n) is 17.3. The molecule has 5 nitrogen and oxygen atoms in total. The van der Waals surface area contributed by atoms with Crippen LogP contribution in [0.4, 0.5) is 5.69 Å². The van der Waals surface area contributed by atoms with E-state index in [1.54, 1.807) is 11.0 Å². The molecule has 2 aromatic rings. The molecule has 3 rings (SSSR count). The maximum Gasteiger partial charge on any atom is 0.227 e. The first-order chi connectivity index (χ1) is 14.2. The summed E-state index contributed by atoms with van der Waals surface area (Å²) in [5.41, 5.74) is 2.97. The van der Waals surface area contributed by atoms with E-state index < -0.39 is 0 Å². The van der Waals surface area contributed by atoms with Crippen LogP contribution >= 0.6 is 0 Å². The smallest absolute Gasteiger partial charge is 0.227 e. The molecule has 0 atom stereocenters. The van der Waals surface area contributed by atoms with E-state index in [1.807, 2.05) is 25.1 Å². The first-order valence-corrected chi connectivity index (χ1v) is 10.2. The number of nitrogens with zero attached hydrogens (tertiary/aromatic N) is 1. The van der Waals surface area contributed by atoms with Crippen LogP contribution in [-0.2, 0) is 17.8 Å². The predicted octanol–water partition coefficient (Wildman–Crippen LogP) is 4.92. The summed E-state index contributed by atoms with van der Waals surface area (Å²) in [5, 5.41) is 0. The highest BCUT2D eigenvalue weighted by atomic mass is 16.6. The monoisotopic (exact) mass is 395 g/mol. The number of fused-ring (bicyclic) bond motifs is 1. The van der Waals surface area contributed by atoms with Crippen LogP contribution in [0.3, 0.4) is 0 Å². The second kappa shape index (κ2) is 10.0. The van der Waals surface area contributed by atoms with E-state index in [1.165, 1.54) is 5.56 Å². The van der Waals surface area contributed by atoms with Crippen molar-refractivity contribution in [2.75, 3.05) is 24.7 Å². The summed E-state index contributed by atoms with van der Waals surface area (Å²) in [6, 6.07) is 11.9. The third-order valence-corrected chi connectivity index (χ3v) is 4.80. The predicted molar refractivity (Wildman–Crippen MR) is 115 cm³/mol. The maximum absolute atomic E-state index is 12.8. The molecule has 0 aliphatic carbocycles. The van der Waals surface area contributed by atoms with Gasteiger partial charge in [-0.05, 0) is 30.2 Å². The Bertz CT molecular complexity index is 862. The Kier molecular flexibility index (Phi) is 7.17. The van der Waals surface area contributed by atoms with Gasteiger partial charge in [-0.15, -0.1) is 0 Å². The van der Waals surface area contributed by atoms with Crippen molar-refractivity contribution < 1.29 is 19.0 Å². The zero-order valence-corrected chi connectivity index (χ0v) is 17.3. The molecule has 2 aromatic carbocycles. The number of carbonyl (C=O) groups excluding carboxylic acids is 1. The number of aryl methyl sites for hydroxylation is 1. The highest BCUT2D eigenvalue weighted by Gasteiger charge is 2.20. The summed E-state index contributed by atoms with van der Waals surface area (Å²) in [6.45, 7) is 9.66. The lowest BCUT2D eigenvalue weighted by molar-refractivity contribution is -0.118. The molecule has 0 saturated heterocycles. The molecule has 0 bridgehead atoms. The second-order valence-electron chi connectivity index (χ2n) is 6.95. The molecular formula is C24H29NO4. The molecule has 154 valence electrons. The van der Waals surface area contributed by atoms with Crippen LogP contribution in [0.15, 0.2) is 49.1 Å². The Hall–Kier alpha value is -2.95. The Morgan fingerprint density at radius 3 is 2.66 bits per heavy atom. The van der Waals surface area contributed by atoms with E-state index in [0.29, 0.717) is 44.3 Å². The van der Waals surface area contributed by atoms with E-state index in [-0.39, 0.29) is 5.91 Å². The van der Waals surface area contributed by atoms with Crippen molar-refractivity contribution in [1.29, 1.82) is 0 Å². The number of carbonyl (C=O) groups is 1. The number of benzene rings is 2. The van der Waals surface area contributed by atoms with Crippen LogP contribution in [0.2, 0.25) is 0 Å². The number of rotatable bonds is 9. The largest absolute Gasteiger partial charge is 0.489 e. The molecule has 1 aliphatic rings. The third-order valence-electron chi connectivity index (χ3n) is 4.80. The molecule has 0 aromatic heterocycles. The fraction of sp³-hybridized carbons (Fsp3) is 0.375. The molecule has 5 heteroatoms. The van der Waals surface area contributed by atoms with Gasteiger partial charge in [-0.2, -0.15) is 0 Å². The third kappa shape index (κ3) is 5.11. The van der Waals surface area contributed by atoms with Gasteiger partial charge in [-0.25, -0.2) is 0 Å². The number of ether oxygens (including phenoxy) is 3. The maximum atomic E-state index is 12.8. The minimum atomic E-state index is 0.0361. The molecule has 0 spiro atoms. The van der Waals surface area contributed by atoms with Gasteiger partial charge in [0.15, 0.2) is 11.5 Å². The van der Waals surface area contributed by atoms with Gasteiger partial charge in [0.05, 0.1) is 6.54 Å². The Morgan fingerprint density at radius 1 is 1.14 bits per heavy atom. The molecule has 1 heterocycles. The van der Waals surface area contributed by atoms with Crippen LogP contribution in [0.1, 0.15) is 37.8 Å². The highest BCUT2D eigenvalue weighted by Crippen LogP contribution is 2.35. The lowest BCUT2D eigenvalue weighted by Crippen LogP contribution is -2.30. The fourth-order valence-electron chi connectivity index (χ4n) is 3.34. The van der Waals surface area contributed by atoms with E-state index in [2.05, 4.69) is 31.7 Å².